The number of Topliss-reactive ketones (excluding diaryl/α,β-unsaturated/α-hetero) is 2. The first-order valence-electron chi connectivity index (χ1n) is 24.8. The molecule has 0 heterocycles. The van der Waals surface area contributed by atoms with E-state index in [1.54, 1.807) is 59.8 Å². The minimum atomic E-state index is -2.12. The number of aliphatic hydroxyl groups excluding tert-OH is 2. The van der Waals surface area contributed by atoms with Gasteiger partial charge in [0.05, 0.1) is 38.6 Å². The van der Waals surface area contributed by atoms with Crippen molar-refractivity contribution in [2.45, 2.75) is 128 Å². The number of aliphatic hydroxyl groups is 4. The average Bonchev–Trinajstić information content (AvgIpc) is 3.64. The molecule has 0 aromatic heterocycles. The number of carbonyl (C=O) groups is 5. The van der Waals surface area contributed by atoms with Crippen molar-refractivity contribution < 1.29 is 81.6 Å². The van der Waals surface area contributed by atoms with E-state index >= 15 is 8.78 Å². The van der Waals surface area contributed by atoms with Crippen LogP contribution in [0.25, 0.3) is 0 Å². The van der Waals surface area contributed by atoms with E-state index in [0.717, 1.165) is 11.1 Å². The third-order valence-electron chi connectivity index (χ3n) is 19.3. The summed E-state index contributed by atoms with van der Waals surface area (Å²) in [6.45, 7) is 12.3. The van der Waals surface area contributed by atoms with Crippen LogP contribution in [0.4, 0.5) is 18.4 Å². The van der Waals surface area contributed by atoms with E-state index in [9.17, 15) is 44.4 Å². The Morgan fingerprint density at radius 1 is 0.629 bits per heavy atom. The Kier molecular flexibility index (Phi) is 13.7. The molecular weight excluding hydrogens is 915 g/mol. The van der Waals surface area contributed by atoms with E-state index in [1.807, 2.05) is 6.08 Å². The number of rotatable bonds is 15. The second kappa shape index (κ2) is 18.4. The zero-order valence-electron chi connectivity index (χ0n) is 41.1. The lowest BCUT2D eigenvalue weighted by Gasteiger charge is -2.62. The largest absolute Gasteiger partial charge is 0.508 e. The Labute approximate surface area is 407 Å². The van der Waals surface area contributed by atoms with E-state index in [0.29, 0.717) is 44.1 Å². The third kappa shape index (κ3) is 7.55. The molecule has 8 rings (SSSR count). The van der Waals surface area contributed by atoms with Gasteiger partial charge in [0.25, 0.3) is 0 Å². The molecule has 70 heavy (non-hydrogen) atoms. The molecule has 0 aromatic rings. The lowest BCUT2D eigenvalue weighted by molar-refractivity contribution is -0.219. The molecule has 4 N–H and O–H groups in total. The van der Waals surface area contributed by atoms with E-state index in [-0.39, 0.29) is 58.3 Å². The fourth-order valence-electron chi connectivity index (χ4n) is 15.6. The summed E-state index contributed by atoms with van der Waals surface area (Å²) in [5, 5.41) is 47.4. The molecule has 6 fully saturated rings. The van der Waals surface area contributed by atoms with Gasteiger partial charge in [0.1, 0.15) is 24.4 Å². The van der Waals surface area contributed by atoms with Gasteiger partial charge in [-0.1, -0.05) is 69.7 Å². The summed E-state index contributed by atoms with van der Waals surface area (Å²) in [6.07, 6.45) is 6.56. The van der Waals surface area contributed by atoms with Gasteiger partial charge in [0.15, 0.2) is 30.3 Å². The predicted octanol–water partition coefficient (Wildman–Crippen LogP) is 6.15. The maximum Gasteiger partial charge on any atom is 0.508 e. The number of hydrogen-bond acceptors (Lipinski definition) is 15. The van der Waals surface area contributed by atoms with Crippen molar-refractivity contribution >= 4 is 29.7 Å². The SMILES string of the molecule is C=C1C=C[C@@]2(C)C(=C1)CC[C@H]1[C@@H]3C[C@@H](C)[C@](O)(C(=O)COC(=O)OCCOCCOCCOC(=O)OCC(=O)[C@@]4(O)[C@H](C)C[C@H]5[C@@H]6CCC7=CC(=O)C=C[C@]7(C)[C@@]6(F)[C@@H](O)C[C@@]54C)[C@@]3(C)C[C@H](O)[C@@]12F. The van der Waals surface area contributed by atoms with Crippen molar-refractivity contribution in [2.75, 3.05) is 52.9 Å². The maximum absolute atomic E-state index is 17.5. The summed E-state index contributed by atoms with van der Waals surface area (Å²) < 4.78 is 66.0. The molecule has 0 unspecified atom stereocenters. The van der Waals surface area contributed by atoms with Crippen LogP contribution in [-0.2, 0) is 42.8 Å². The summed E-state index contributed by atoms with van der Waals surface area (Å²) in [5.74, 6) is -5.21. The third-order valence-corrected chi connectivity index (χ3v) is 19.3. The zero-order valence-corrected chi connectivity index (χ0v) is 41.1. The monoisotopic (exact) mass is 984 g/mol. The Morgan fingerprint density at radius 2 is 1.03 bits per heavy atom. The van der Waals surface area contributed by atoms with Gasteiger partial charge in [0.2, 0.25) is 11.6 Å². The number of carbonyl (C=O) groups excluding carboxylic acids is 5. The summed E-state index contributed by atoms with van der Waals surface area (Å²) in [6, 6.07) is 0. The first-order chi connectivity index (χ1) is 32.8. The number of allylic oxidation sites excluding steroid dienone is 9. The molecule has 0 amide bonds. The fraction of sp³-hybridized carbons (Fsp3) is 0.717. The van der Waals surface area contributed by atoms with Crippen molar-refractivity contribution in [3.05, 3.63) is 59.8 Å². The lowest BCUT2D eigenvalue weighted by Crippen LogP contribution is -2.69. The highest BCUT2D eigenvalue weighted by Gasteiger charge is 2.77. The topological polar surface area (TPSA) is 222 Å². The van der Waals surface area contributed by atoms with Gasteiger partial charge in [-0.2, -0.15) is 0 Å². The normalized spacial score (nSPS) is 44.3. The number of hydrogen-bond donors (Lipinski definition) is 4. The van der Waals surface area contributed by atoms with Gasteiger partial charge < -0.3 is 48.8 Å². The van der Waals surface area contributed by atoms with Crippen LogP contribution in [0, 0.1) is 57.2 Å². The van der Waals surface area contributed by atoms with Gasteiger partial charge in [-0.05, 0) is 107 Å². The first-order valence-corrected chi connectivity index (χ1v) is 24.8. The quantitative estimate of drug-likeness (QED) is 0.107. The molecule has 6 saturated carbocycles. The predicted molar refractivity (Wildman–Crippen MR) is 246 cm³/mol. The van der Waals surface area contributed by atoms with Crippen LogP contribution in [0.15, 0.2) is 59.8 Å². The highest BCUT2D eigenvalue weighted by atomic mass is 19.1. The van der Waals surface area contributed by atoms with Crippen LogP contribution >= 0.6 is 0 Å². The molecule has 386 valence electrons. The summed E-state index contributed by atoms with van der Waals surface area (Å²) in [4.78, 5) is 64.5. The van der Waals surface area contributed by atoms with Gasteiger partial charge in [-0.25, -0.2) is 18.4 Å². The Balaban J connectivity index is 0.711. The van der Waals surface area contributed by atoms with Crippen molar-refractivity contribution in [2.24, 2.45) is 57.2 Å². The smallest absolute Gasteiger partial charge is 0.432 e. The average molecular weight is 985 g/mol. The van der Waals surface area contributed by atoms with Crippen LogP contribution in [0.1, 0.15) is 92.9 Å². The molecule has 0 saturated heterocycles. The molecule has 8 aliphatic carbocycles. The number of fused-ring (bicyclic) bond motifs is 10. The summed E-state index contributed by atoms with van der Waals surface area (Å²) >= 11 is 0. The summed E-state index contributed by atoms with van der Waals surface area (Å²) in [5.41, 5.74) is -10.6. The van der Waals surface area contributed by atoms with Crippen LogP contribution in [-0.4, -0.2) is 138 Å². The molecule has 0 aromatic carbocycles. The number of ether oxygens (including phenoxy) is 6. The highest BCUT2D eigenvalue weighted by Crippen LogP contribution is 2.72. The first kappa shape index (κ1) is 52.2. The van der Waals surface area contributed by atoms with E-state index in [2.05, 4.69) is 6.58 Å². The number of ketones is 3. The van der Waals surface area contributed by atoms with Gasteiger partial charge in [0, 0.05) is 33.5 Å². The van der Waals surface area contributed by atoms with Crippen LogP contribution < -0.4 is 0 Å². The minimum Gasteiger partial charge on any atom is -0.432 e. The molecule has 16 atom stereocenters. The van der Waals surface area contributed by atoms with Gasteiger partial charge in [-0.3, -0.25) is 14.4 Å². The van der Waals surface area contributed by atoms with E-state index in [4.69, 9.17) is 28.4 Å². The van der Waals surface area contributed by atoms with Crippen molar-refractivity contribution in [1.29, 1.82) is 0 Å². The zero-order chi connectivity index (χ0) is 51.0. The molecule has 15 nitrogen and oxygen atoms in total. The van der Waals surface area contributed by atoms with Crippen molar-refractivity contribution in [3.63, 3.8) is 0 Å². The lowest BCUT2D eigenvalue weighted by atomic mass is 9.44. The minimum absolute atomic E-state index is 0.0520. The number of halogens is 2. The molecule has 0 spiro atoms. The Hall–Kier alpha value is -4.13. The summed E-state index contributed by atoms with van der Waals surface area (Å²) in [7, 11) is 0. The molecule has 8 aliphatic rings. The van der Waals surface area contributed by atoms with Crippen LogP contribution in [0.5, 0.6) is 0 Å². The van der Waals surface area contributed by atoms with E-state index < -0.39 is 129 Å². The Morgan fingerprint density at radius 3 is 1.47 bits per heavy atom. The second-order valence-corrected chi connectivity index (χ2v) is 22.4. The highest BCUT2D eigenvalue weighted by molar-refractivity contribution is 6.01. The fourth-order valence-corrected chi connectivity index (χ4v) is 15.6. The van der Waals surface area contributed by atoms with Gasteiger partial charge >= 0.3 is 12.3 Å². The second-order valence-electron chi connectivity index (χ2n) is 22.4. The van der Waals surface area contributed by atoms with Crippen LogP contribution in [0.2, 0.25) is 0 Å². The molecule has 0 radical (unpaired) electrons. The number of alkyl halides is 2. The van der Waals surface area contributed by atoms with Crippen molar-refractivity contribution in [1.82, 2.24) is 0 Å². The molecular formula is C53H70F2O15. The van der Waals surface area contributed by atoms with Gasteiger partial charge in [-0.15, -0.1) is 0 Å². The van der Waals surface area contributed by atoms with Crippen molar-refractivity contribution in [3.8, 4) is 0 Å². The Bertz CT molecular complexity index is 2140. The maximum atomic E-state index is 17.5. The standard InChI is InChI=1S/C53H70F2O15/c1-30-12-14-46(4)33(22-30)8-10-36-38-23-31(2)52(63,48(38,6)26-40(57)50(36,46)54)42(59)28-69-44(61)67-20-18-65-16-17-66-19-21-68-45(62)70-29-43(60)53(64)32(3)24-39-37-11-9-34-25-35(56)13-15-47(34,5)51(37,55)41(58)27-49(39,53)7/h12-15,22,25,31-32,36-41,57-58,63-64H,1,8-11,16-21,23-24,26-29H2,2-7H3/t31-,32-,36+,37+,38+,39+,40+,41+,46+,47+,48+,49+,50+,51+,52+,53+/m1/s1. The van der Waals surface area contributed by atoms with Crippen LogP contribution in [0.3, 0.4) is 0 Å². The molecule has 17 heteroatoms. The molecule has 0 aliphatic heterocycles. The molecule has 0 bridgehead atoms. The van der Waals surface area contributed by atoms with E-state index in [1.165, 1.54) is 12.2 Å².